The Morgan fingerprint density at radius 1 is 1.29 bits per heavy atom. The second-order valence-electron chi connectivity index (χ2n) is 5.81. The topological polar surface area (TPSA) is 53.9 Å². The number of halogens is 3. The Morgan fingerprint density at radius 3 is 2.29 bits per heavy atom. The summed E-state index contributed by atoms with van der Waals surface area (Å²) in [7, 11) is 0. The normalized spacial score (nSPS) is 15.0. The third kappa shape index (κ3) is 4.98. The number of rotatable bonds is 4. The van der Waals surface area contributed by atoms with Gasteiger partial charge in [0.25, 0.3) is 0 Å². The van der Waals surface area contributed by atoms with Crippen LogP contribution in [0.4, 0.5) is 13.2 Å². The fraction of sp³-hybridized carbons (Fsp3) is 0.692. The highest BCUT2D eigenvalue weighted by Crippen LogP contribution is 2.31. The van der Waals surface area contributed by atoms with Crippen LogP contribution < -0.4 is 0 Å². The molecule has 0 spiro atoms. The van der Waals surface area contributed by atoms with Crippen LogP contribution in [-0.4, -0.2) is 21.1 Å². The quantitative estimate of drug-likeness (QED) is 0.792. The first-order valence-electron chi connectivity index (χ1n) is 6.21. The lowest BCUT2D eigenvalue weighted by Crippen LogP contribution is -2.28. The molecule has 0 saturated carbocycles. The summed E-state index contributed by atoms with van der Waals surface area (Å²) in [4.78, 5) is 7.37. The van der Waals surface area contributed by atoms with Crippen molar-refractivity contribution >= 4 is 11.5 Å². The van der Waals surface area contributed by atoms with Crippen molar-refractivity contribution < 1.29 is 13.2 Å². The second-order valence-corrected chi connectivity index (χ2v) is 6.65. The van der Waals surface area contributed by atoms with Gasteiger partial charge in [0, 0.05) is 11.8 Å². The summed E-state index contributed by atoms with van der Waals surface area (Å²) in [6.45, 7) is 12.8. The zero-order valence-electron chi connectivity index (χ0n) is 12.0. The van der Waals surface area contributed by atoms with Crippen molar-refractivity contribution in [1.82, 2.24) is 9.36 Å². The van der Waals surface area contributed by atoms with Gasteiger partial charge in [-0.3, -0.25) is 4.85 Å². The van der Waals surface area contributed by atoms with Gasteiger partial charge < -0.3 is 0 Å². The van der Waals surface area contributed by atoms with Crippen LogP contribution in [0.1, 0.15) is 44.4 Å². The largest absolute Gasteiger partial charge is 0.389 e. The Hall–Kier alpha value is -1.67. The molecule has 4 nitrogen and oxygen atoms in total. The lowest BCUT2D eigenvalue weighted by Gasteiger charge is -2.14. The van der Waals surface area contributed by atoms with E-state index in [1.165, 1.54) is 0 Å². The van der Waals surface area contributed by atoms with Crippen LogP contribution in [0.25, 0.3) is 4.85 Å². The molecule has 1 unspecified atom stereocenters. The van der Waals surface area contributed by atoms with Crippen molar-refractivity contribution in [2.75, 3.05) is 0 Å². The maximum absolute atomic E-state index is 12.3. The van der Waals surface area contributed by atoms with Gasteiger partial charge in [-0.25, -0.2) is 11.6 Å². The van der Waals surface area contributed by atoms with Gasteiger partial charge in [-0.05, 0) is 11.5 Å². The van der Waals surface area contributed by atoms with Crippen molar-refractivity contribution in [2.24, 2.45) is 0 Å². The molecule has 114 valence electrons. The molecule has 0 aliphatic rings. The van der Waals surface area contributed by atoms with Gasteiger partial charge in [-0.15, -0.1) is 0 Å². The zero-order valence-corrected chi connectivity index (χ0v) is 12.8. The highest BCUT2D eigenvalue weighted by atomic mass is 32.1. The molecule has 1 atom stereocenters. The minimum atomic E-state index is -4.38. The van der Waals surface area contributed by atoms with Crippen LogP contribution in [0.15, 0.2) is 0 Å². The summed E-state index contributed by atoms with van der Waals surface area (Å²) >= 11 is 1.03. The molecule has 0 fully saturated rings. The minimum absolute atomic E-state index is 0.128. The summed E-state index contributed by atoms with van der Waals surface area (Å²) in [6.07, 6.45) is -6.23. The van der Waals surface area contributed by atoms with Crippen molar-refractivity contribution in [3.8, 4) is 6.07 Å². The number of nitriles is 1. The van der Waals surface area contributed by atoms with Gasteiger partial charge in [-0.2, -0.15) is 22.8 Å². The van der Waals surface area contributed by atoms with Crippen LogP contribution in [0.3, 0.4) is 0 Å². The summed E-state index contributed by atoms with van der Waals surface area (Å²) in [5, 5.41) is 9.54. The fourth-order valence-electron chi connectivity index (χ4n) is 1.53. The highest BCUT2D eigenvalue weighted by molar-refractivity contribution is 7.05. The molecule has 1 aromatic heterocycles. The van der Waals surface area contributed by atoms with Crippen LogP contribution in [0.2, 0.25) is 0 Å². The Kier molecular flexibility index (Phi) is 4.95. The first kappa shape index (κ1) is 17.4. The molecule has 0 amide bonds. The van der Waals surface area contributed by atoms with Crippen molar-refractivity contribution in [1.29, 1.82) is 5.26 Å². The number of nitrogens with zero attached hydrogens (tertiary/aromatic N) is 4. The van der Waals surface area contributed by atoms with Crippen molar-refractivity contribution in [3.05, 3.63) is 22.2 Å². The molecule has 0 aliphatic carbocycles. The summed E-state index contributed by atoms with van der Waals surface area (Å²) in [6, 6.07) is 1.72. The van der Waals surface area contributed by atoms with E-state index in [0.29, 0.717) is 10.8 Å². The molecule has 1 rings (SSSR count). The molecule has 0 saturated heterocycles. The van der Waals surface area contributed by atoms with Gasteiger partial charge >= 0.3 is 11.7 Å². The van der Waals surface area contributed by atoms with Crippen LogP contribution in [0.5, 0.6) is 0 Å². The van der Waals surface area contributed by atoms with E-state index in [1.54, 1.807) is 6.07 Å². The Balaban J connectivity index is 2.92. The molecular weight excluding hydrogens is 301 g/mol. The lowest BCUT2D eigenvalue weighted by molar-refractivity contribution is -0.136. The average molecular weight is 316 g/mol. The van der Waals surface area contributed by atoms with E-state index >= 15 is 0 Å². The van der Waals surface area contributed by atoms with E-state index in [2.05, 4.69) is 14.2 Å². The first-order chi connectivity index (χ1) is 9.51. The Bertz CT molecular complexity index is 558. The van der Waals surface area contributed by atoms with Crippen LogP contribution >= 0.6 is 11.5 Å². The predicted octanol–water partition coefficient (Wildman–Crippen LogP) is 3.90. The third-order valence-corrected chi connectivity index (χ3v) is 3.54. The summed E-state index contributed by atoms with van der Waals surface area (Å²) < 4.78 is 41.1. The average Bonchev–Trinajstić information content (AvgIpc) is 2.82. The number of aromatic nitrogens is 2. The minimum Gasteiger partial charge on any atom is -0.294 e. The number of hydrogen-bond acceptors (Lipinski definition) is 4. The Morgan fingerprint density at radius 2 is 1.90 bits per heavy atom. The molecule has 0 bridgehead atoms. The first-order valence-corrected chi connectivity index (χ1v) is 6.98. The monoisotopic (exact) mass is 316 g/mol. The van der Waals surface area contributed by atoms with Gasteiger partial charge in [0.15, 0.2) is 6.07 Å². The van der Waals surface area contributed by atoms with Gasteiger partial charge in [-0.1, -0.05) is 20.8 Å². The lowest BCUT2D eigenvalue weighted by atomic mass is 9.92. The van der Waals surface area contributed by atoms with Gasteiger partial charge in [0.05, 0.1) is 12.8 Å². The SMILES string of the molecule is [C-]#[N+]C(C#N)(CCC(F)(F)F)Cc1nc(C(C)(C)C)ns1. The molecule has 0 N–H and O–H groups in total. The summed E-state index contributed by atoms with van der Waals surface area (Å²) in [5.41, 5.74) is -2.02. The van der Waals surface area contributed by atoms with Crippen molar-refractivity contribution in [2.45, 2.75) is 57.2 Å². The Labute approximate surface area is 125 Å². The maximum Gasteiger partial charge on any atom is 0.389 e. The van der Waals surface area contributed by atoms with E-state index in [0.717, 1.165) is 11.5 Å². The molecule has 0 radical (unpaired) electrons. The molecule has 8 heteroatoms. The van der Waals surface area contributed by atoms with E-state index in [-0.39, 0.29) is 11.8 Å². The van der Waals surface area contributed by atoms with E-state index in [1.807, 2.05) is 20.8 Å². The smallest absolute Gasteiger partial charge is 0.294 e. The van der Waals surface area contributed by atoms with Gasteiger partial charge in [0.2, 0.25) is 0 Å². The molecule has 1 heterocycles. The van der Waals surface area contributed by atoms with Crippen LogP contribution in [-0.2, 0) is 11.8 Å². The fourth-order valence-corrected chi connectivity index (χ4v) is 2.47. The second kappa shape index (κ2) is 5.98. The zero-order chi connectivity index (χ0) is 16.3. The maximum atomic E-state index is 12.3. The molecule has 0 aliphatic heterocycles. The molecule has 0 aromatic carbocycles. The summed E-state index contributed by atoms with van der Waals surface area (Å²) in [5.74, 6) is 0.565. The van der Waals surface area contributed by atoms with E-state index in [9.17, 15) is 13.2 Å². The molecule has 21 heavy (non-hydrogen) atoms. The third-order valence-electron chi connectivity index (χ3n) is 2.83. The predicted molar refractivity (Wildman–Crippen MR) is 72.5 cm³/mol. The highest BCUT2D eigenvalue weighted by Gasteiger charge is 2.43. The number of alkyl halides is 3. The van der Waals surface area contributed by atoms with Crippen molar-refractivity contribution in [3.63, 3.8) is 0 Å². The van der Waals surface area contributed by atoms with Gasteiger partial charge in [0.1, 0.15) is 10.8 Å². The molecule has 1 aromatic rings. The van der Waals surface area contributed by atoms with Crippen LogP contribution in [0, 0.1) is 17.9 Å². The molecular formula is C13H15F3N4S. The van der Waals surface area contributed by atoms with E-state index in [4.69, 9.17) is 11.8 Å². The van der Waals surface area contributed by atoms with E-state index < -0.39 is 24.6 Å². The standard InChI is InChI=1S/C13H15F3N4S/c1-11(2,3)10-19-9(21-20-10)7-12(8-17,18-4)5-6-13(14,15)16/h5-7H2,1-3H3. The number of hydrogen-bond donors (Lipinski definition) is 0.